The molecule has 0 aromatic carbocycles. The molecule has 0 spiro atoms. The standard InChI is InChI=1S/C38H63N5O6S/c1-10-37(39,11-2)20-49-30-27(43-32(41-22-42-43)50(40,46)47)18-33(6)19-48-21-38(30)26-14-15-36(9)29(31(44)45)34(7,24(5)23(3)4)16-17-35(36,8)25(26)12-13-28(33)38/h14,22-25,27-30H,10-13,15-21,39H2,1-9H3,(H,44,45)(H2,40,46,47)/t24-,25+,27-,28-,29-,30+,33-,34-,35-,36+,38+/m1/s1. The van der Waals surface area contributed by atoms with E-state index in [2.05, 4.69) is 78.5 Å². The van der Waals surface area contributed by atoms with Gasteiger partial charge in [0, 0.05) is 11.0 Å². The summed E-state index contributed by atoms with van der Waals surface area (Å²) in [6.45, 7) is 21.2. The molecule has 11 atom stereocenters. The van der Waals surface area contributed by atoms with Crippen LogP contribution in [0.25, 0.3) is 0 Å². The fourth-order valence-corrected chi connectivity index (χ4v) is 13.1. The molecule has 6 rings (SSSR count). The summed E-state index contributed by atoms with van der Waals surface area (Å²) >= 11 is 0. The van der Waals surface area contributed by atoms with Gasteiger partial charge >= 0.3 is 5.97 Å². The lowest BCUT2D eigenvalue weighted by molar-refractivity contribution is -0.255. The van der Waals surface area contributed by atoms with Crippen molar-refractivity contribution in [2.75, 3.05) is 19.8 Å². The van der Waals surface area contributed by atoms with E-state index in [4.69, 9.17) is 20.3 Å². The first-order valence-corrected chi connectivity index (χ1v) is 20.6. The Morgan fingerprint density at radius 3 is 2.40 bits per heavy atom. The first-order chi connectivity index (χ1) is 23.2. The molecule has 1 aliphatic heterocycles. The predicted octanol–water partition coefficient (Wildman–Crippen LogP) is 5.96. The van der Waals surface area contributed by atoms with Crippen LogP contribution in [0.4, 0.5) is 0 Å². The van der Waals surface area contributed by atoms with Gasteiger partial charge in [0.1, 0.15) is 6.33 Å². The number of hydrogen-bond donors (Lipinski definition) is 3. The molecule has 2 heterocycles. The van der Waals surface area contributed by atoms with Crippen molar-refractivity contribution < 1.29 is 27.8 Å². The van der Waals surface area contributed by atoms with Crippen molar-refractivity contribution in [3.05, 3.63) is 18.0 Å². The first kappa shape index (κ1) is 37.9. The van der Waals surface area contributed by atoms with Crippen molar-refractivity contribution in [2.45, 2.75) is 137 Å². The molecule has 5 aliphatic rings. The van der Waals surface area contributed by atoms with Crippen molar-refractivity contribution in [1.82, 2.24) is 14.8 Å². The zero-order chi connectivity index (χ0) is 36.9. The Morgan fingerprint density at radius 2 is 1.80 bits per heavy atom. The van der Waals surface area contributed by atoms with Crippen LogP contribution in [0, 0.1) is 56.7 Å². The highest BCUT2D eigenvalue weighted by molar-refractivity contribution is 7.89. The van der Waals surface area contributed by atoms with Crippen LogP contribution in [0.2, 0.25) is 0 Å². The Balaban J connectivity index is 1.55. The third-order valence-corrected chi connectivity index (χ3v) is 16.9. The summed E-state index contributed by atoms with van der Waals surface area (Å²) in [5, 5.41) is 21.1. The molecule has 1 aromatic heterocycles. The molecular formula is C38H63N5O6S. The van der Waals surface area contributed by atoms with Crippen LogP contribution in [0.1, 0.15) is 120 Å². The molecule has 282 valence electrons. The van der Waals surface area contributed by atoms with Crippen molar-refractivity contribution in [3.63, 3.8) is 0 Å². The fraction of sp³-hybridized carbons (Fsp3) is 0.868. The topological polar surface area (TPSA) is 173 Å². The smallest absolute Gasteiger partial charge is 0.307 e. The van der Waals surface area contributed by atoms with Gasteiger partial charge in [-0.25, -0.2) is 23.2 Å². The number of fused-ring (bicyclic) bond motifs is 3. The van der Waals surface area contributed by atoms with Crippen LogP contribution in [0.15, 0.2) is 23.1 Å². The zero-order valence-corrected chi connectivity index (χ0v) is 32.7. The average molecular weight is 718 g/mol. The summed E-state index contributed by atoms with van der Waals surface area (Å²) in [7, 11) is -4.18. The summed E-state index contributed by atoms with van der Waals surface area (Å²) < 4.78 is 41.1. The van der Waals surface area contributed by atoms with Gasteiger partial charge in [0.2, 0.25) is 0 Å². The lowest BCUT2D eigenvalue weighted by Crippen LogP contribution is -2.70. The maximum atomic E-state index is 13.5. The van der Waals surface area contributed by atoms with E-state index in [1.54, 1.807) is 0 Å². The van der Waals surface area contributed by atoms with Gasteiger partial charge in [-0.3, -0.25) is 4.79 Å². The second kappa shape index (κ2) is 12.4. The molecule has 50 heavy (non-hydrogen) atoms. The highest BCUT2D eigenvalue weighted by Crippen LogP contribution is 2.75. The number of ether oxygens (including phenoxy) is 2. The third kappa shape index (κ3) is 5.22. The molecule has 5 N–H and O–H groups in total. The van der Waals surface area contributed by atoms with E-state index >= 15 is 0 Å². The van der Waals surface area contributed by atoms with Crippen molar-refractivity contribution in [1.29, 1.82) is 0 Å². The molecule has 0 amide bonds. The minimum absolute atomic E-state index is 0.113. The van der Waals surface area contributed by atoms with E-state index < -0.39 is 50.4 Å². The number of carbonyl (C=O) groups is 1. The zero-order valence-electron chi connectivity index (χ0n) is 31.9. The van der Waals surface area contributed by atoms with E-state index in [0.717, 1.165) is 38.5 Å². The van der Waals surface area contributed by atoms with Gasteiger partial charge in [-0.2, -0.15) is 5.10 Å². The van der Waals surface area contributed by atoms with E-state index in [0.29, 0.717) is 38.6 Å². The molecule has 0 unspecified atom stereocenters. The Hall–Kier alpha value is -1.86. The highest BCUT2D eigenvalue weighted by atomic mass is 32.2. The molecule has 4 fully saturated rings. The van der Waals surface area contributed by atoms with E-state index in [-0.39, 0.29) is 39.2 Å². The number of primary sulfonamides is 1. The number of aliphatic carboxylic acids is 1. The minimum atomic E-state index is -4.18. The number of hydrogen-bond acceptors (Lipinski definition) is 8. The highest BCUT2D eigenvalue weighted by Gasteiger charge is 2.73. The third-order valence-electron chi connectivity index (χ3n) is 16.1. The lowest BCUT2D eigenvalue weighted by Gasteiger charge is -2.71. The Kier molecular flexibility index (Phi) is 9.36. The van der Waals surface area contributed by atoms with Gasteiger partial charge in [0.05, 0.1) is 37.9 Å². The molecule has 0 radical (unpaired) electrons. The quantitative estimate of drug-likeness (QED) is 0.247. The van der Waals surface area contributed by atoms with E-state index in [1.807, 2.05) is 0 Å². The van der Waals surface area contributed by atoms with Crippen molar-refractivity contribution in [2.24, 2.45) is 67.5 Å². The van der Waals surface area contributed by atoms with Crippen molar-refractivity contribution in [3.8, 4) is 0 Å². The monoisotopic (exact) mass is 717 g/mol. The van der Waals surface area contributed by atoms with Crippen LogP contribution in [0.5, 0.6) is 0 Å². The molecular weight excluding hydrogens is 655 g/mol. The molecule has 2 bridgehead atoms. The maximum Gasteiger partial charge on any atom is 0.307 e. The SMILES string of the molecule is CCC(N)(CC)CO[C@H]1[C@H](n2ncnc2S(N)(=O)=O)C[C@]2(C)COC[C@@]13C1=CC[C@@]4(C)[C@H](C(=O)O)[C@@](C)([C@H](C)C(C)C)CC[C@]4(C)[C@H]1CC[C@H]23. The number of aromatic nitrogens is 3. The second-order valence-corrected chi connectivity index (χ2v) is 19.9. The number of nitrogens with two attached hydrogens (primary N) is 2. The Labute approximate surface area is 299 Å². The molecule has 1 saturated heterocycles. The van der Waals surface area contributed by atoms with Gasteiger partial charge in [-0.1, -0.05) is 74.0 Å². The summed E-state index contributed by atoms with van der Waals surface area (Å²) in [5.41, 5.74) is 5.63. The van der Waals surface area contributed by atoms with Crippen LogP contribution in [-0.4, -0.2) is 65.7 Å². The lowest BCUT2D eigenvalue weighted by atomic mass is 9.34. The number of carboxylic acids is 1. The number of allylic oxidation sites excluding steroid dienone is 1. The van der Waals surface area contributed by atoms with Crippen molar-refractivity contribution >= 4 is 16.0 Å². The normalized spacial score (nSPS) is 42.2. The maximum absolute atomic E-state index is 13.5. The van der Waals surface area contributed by atoms with Gasteiger partial charge < -0.3 is 20.3 Å². The number of nitrogens with zero attached hydrogens (tertiary/aromatic N) is 3. The molecule has 12 heteroatoms. The Bertz CT molecular complexity index is 1620. The van der Waals surface area contributed by atoms with Crippen LogP contribution in [-0.2, 0) is 24.3 Å². The van der Waals surface area contributed by atoms with Gasteiger partial charge in [0.15, 0.2) is 0 Å². The Morgan fingerprint density at radius 1 is 1.12 bits per heavy atom. The molecule has 3 saturated carbocycles. The van der Waals surface area contributed by atoms with E-state index in [1.165, 1.54) is 16.6 Å². The van der Waals surface area contributed by atoms with E-state index in [9.17, 15) is 18.3 Å². The summed E-state index contributed by atoms with van der Waals surface area (Å²) in [4.78, 5) is 17.7. The summed E-state index contributed by atoms with van der Waals surface area (Å²) in [6, 6.07) is -0.483. The largest absolute Gasteiger partial charge is 0.481 e. The van der Waals surface area contributed by atoms with Crippen LogP contribution < -0.4 is 10.9 Å². The average Bonchev–Trinajstić information content (AvgIpc) is 3.55. The summed E-state index contributed by atoms with van der Waals surface area (Å²) in [6.07, 6.45) is 9.52. The molecule has 11 nitrogen and oxygen atoms in total. The number of rotatable bonds is 10. The fourth-order valence-electron chi connectivity index (χ4n) is 12.5. The number of sulfonamides is 1. The van der Waals surface area contributed by atoms with Crippen LogP contribution in [0.3, 0.4) is 0 Å². The molecule has 4 aliphatic carbocycles. The first-order valence-electron chi connectivity index (χ1n) is 19.0. The number of carboxylic acid groups (broad SMARTS) is 1. The second-order valence-electron chi connectivity index (χ2n) is 18.5. The van der Waals surface area contributed by atoms with Gasteiger partial charge in [-0.15, -0.1) is 0 Å². The van der Waals surface area contributed by atoms with Gasteiger partial charge in [0.25, 0.3) is 15.2 Å². The predicted molar refractivity (Wildman–Crippen MR) is 191 cm³/mol. The molecule has 1 aromatic rings. The minimum Gasteiger partial charge on any atom is -0.481 e. The summed E-state index contributed by atoms with van der Waals surface area (Å²) in [5.74, 6) is -0.251. The van der Waals surface area contributed by atoms with Crippen LogP contribution >= 0.6 is 0 Å². The van der Waals surface area contributed by atoms with Gasteiger partial charge in [-0.05, 0) is 96.7 Å².